The van der Waals surface area contributed by atoms with E-state index in [1.807, 2.05) is 24.3 Å². The number of carbonyl (C=O) groups is 2. The lowest BCUT2D eigenvalue weighted by atomic mass is 9.90. The molecule has 2 aromatic rings. The third-order valence-corrected chi connectivity index (χ3v) is 4.64. The summed E-state index contributed by atoms with van der Waals surface area (Å²) in [6, 6.07) is 15.5. The molecule has 132 valence electrons. The second kappa shape index (κ2) is 7.00. The lowest BCUT2D eigenvalue weighted by molar-refractivity contribution is -0.125. The third-order valence-electron chi connectivity index (χ3n) is 4.64. The summed E-state index contributed by atoms with van der Waals surface area (Å²) in [5.41, 5.74) is 6.75. The summed E-state index contributed by atoms with van der Waals surface area (Å²) in [4.78, 5) is 25.9. The fraction of sp³-hybridized carbons (Fsp3) is 0.250. The van der Waals surface area contributed by atoms with Gasteiger partial charge in [-0.25, -0.2) is 5.43 Å². The summed E-state index contributed by atoms with van der Waals surface area (Å²) in [5.74, 6) is 0.0506. The molecule has 2 amide bonds. The highest BCUT2D eigenvalue weighted by Gasteiger charge is 2.27. The number of hydrogen-bond acceptors (Lipinski definition) is 4. The van der Waals surface area contributed by atoms with Crippen LogP contribution in [0.4, 0.5) is 5.69 Å². The highest BCUT2D eigenvalue weighted by Crippen LogP contribution is 2.31. The second-order valence-electron chi connectivity index (χ2n) is 6.39. The first-order chi connectivity index (χ1) is 12.7. The summed E-state index contributed by atoms with van der Waals surface area (Å²) in [7, 11) is 0. The lowest BCUT2D eigenvalue weighted by Gasteiger charge is -2.28. The third kappa shape index (κ3) is 3.31. The molecule has 1 heterocycles. The SMILES string of the molecule is O=C(CN1C(=O)COc2ccccc21)N/N=C1\CCc2ccccc2C1. The number of fused-ring (bicyclic) bond motifs is 2. The molecular weight excluding hydrogens is 330 g/mol. The molecule has 2 aliphatic rings. The zero-order valence-corrected chi connectivity index (χ0v) is 14.3. The molecule has 2 aromatic carbocycles. The van der Waals surface area contributed by atoms with Gasteiger partial charge in [-0.1, -0.05) is 36.4 Å². The Morgan fingerprint density at radius 3 is 2.73 bits per heavy atom. The highest BCUT2D eigenvalue weighted by atomic mass is 16.5. The summed E-state index contributed by atoms with van der Waals surface area (Å²) in [5, 5.41) is 4.28. The minimum atomic E-state index is -0.318. The minimum absolute atomic E-state index is 0.0599. The maximum atomic E-state index is 12.3. The molecule has 0 saturated carbocycles. The molecule has 0 aromatic heterocycles. The largest absolute Gasteiger partial charge is 0.482 e. The van der Waals surface area contributed by atoms with Gasteiger partial charge in [0.05, 0.1) is 5.69 Å². The van der Waals surface area contributed by atoms with Crippen molar-refractivity contribution in [3.63, 3.8) is 0 Å². The number of rotatable bonds is 3. The van der Waals surface area contributed by atoms with Crippen LogP contribution in [0.2, 0.25) is 0 Å². The van der Waals surface area contributed by atoms with Gasteiger partial charge in [0.1, 0.15) is 12.3 Å². The molecule has 6 heteroatoms. The van der Waals surface area contributed by atoms with E-state index < -0.39 is 0 Å². The number of ether oxygens (including phenoxy) is 1. The molecule has 1 aliphatic heterocycles. The Morgan fingerprint density at radius 1 is 1.08 bits per heavy atom. The van der Waals surface area contributed by atoms with Crippen molar-refractivity contribution in [1.29, 1.82) is 0 Å². The van der Waals surface area contributed by atoms with Crippen LogP contribution in [0.1, 0.15) is 17.5 Å². The average molecular weight is 349 g/mol. The molecule has 26 heavy (non-hydrogen) atoms. The topological polar surface area (TPSA) is 71.0 Å². The van der Waals surface area contributed by atoms with Crippen LogP contribution >= 0.6 is 0 Å². The predicted molar refractivity (Wildman–Crippen MR) is 98.3 cm³/mol. The summed E-state index contributed by atoms with van der Waals surface area (Å²) >= 11 is 0. The number of amides is 2. The maximum absolute atomic E-state index is 12.3. The standard InChI is InChI=1S/C20H19N3O3/c24-19(12-23-17-7-3-4-8-18(17)26-13-20(23)25)22-21-16-10-9-14-5-1-2-6-15(14)11-16/h1-8H,9-13H2,(H,22,24)/b21-16+. The zero-order valence-electron chi connectivity index (χ0n) is 14.3. The van der Waals surface area contributed by atoms with Crippen molar-refractivity contribution >= 4 is 23.2 Å². The fourth-order valence-corrected chi connectivity index (χ4v) is 3.30. The van der Waals surface area contributed by atoms with Crippen molar-refractivity contribution < 1.29 is 14.3 Å². The van der Waals surface area contributed by atoms with Gasteiger partial charge in [0.25, 0.3) is 11.8 Å². The number of hydrogen-bond donors (Lipinski definition) is 1. The Balaban J connectivity index is 1.41. The molecule has 0 unspecified atom stereocenters. The van der Waals surface area contributed by atoms with E-state index in [0.29, 0.717) is 11.4 Å². The molecule has 1 aliphatic carbocycles. The smallest absolute Gasteiger partial charge is 0.265 e. The monoisotopic (exact) mass is 349 g/mol. The van der Waals surface area contributed by atoms with Gasteiger partial charge in [-0.2, -0.15) is 5.10 Å². The van der Waals surface area contributed by atoms with Gasteiger partial charge in [0.2, 0.25) is 0 Å². The van der Waals surface area contributed by atoms with Crippen LogP contribution < -0.4 is 15.1 Å². The number of nitrogens with zero attached hydrogens (tertiary/aromatic N) is 2. The summed E-state index contributed by atoms with van der Waals surface area (Å²) in [6.07, 6.45) is 2.51. The quantitative estimate of drug-likeness (QED) is 0.863. The van der Waals surface area contributed by atoms with Crippen molar-refractivity contribution in [3.8, 4) is 5.75 Å². The van der Waals surface area contributed by atoms with Gasteiger partial charge in [-0.05, 0) is 36.1 Å². The molecule has 0 fully saturated rings. The van der Waals surface area contributed by atoms with Gasteiger partial charge in [0, 0.05) is 12.1 Å². The fourth-order valence-electron chi connectivity index (χ4n) is 3.30. The van der Waals surface area contributed by atoms with Gasteiger partial charge >= 0.3 is 0 Å². The lowest BCUT2D eigenvalue weighted by Crippen LogP contribution is -2.44. The number of benzene rings is 2. The van der Waals surface area contributed by atoms with Gasteiger partial charge in [-0.15, -0.1) is 0 Å². The number of nitrogens with one attached hydrogen (secondary N) is 1. The second-order valence-corrected chi connectivity index (χ2v) is 6.39. The van der Waals surface area contributed by atoms with Gasteiger partial charge in [-0.3, -0.25) is 14.5 Å². The van der Waals surface area contributed by atoms with Crippen LogP contribution in [0.25, 0.3) is 0 Å². The van der Waals surface area contributed by atoms with Crippen LogP contribution in [-0.4, -0.2) is 30.7 Å². The van der Waals surface area contributed by atoms with Crippen LogP contribution in [-0.2, 0) is 22.4 Å². The first-order valence-electron chi connectivity index (χ1n) is 8.64. The van der Waals surface area contributed by atoms with Crippen molar-refractivity contribution in [2.75, 3.05) is 18.1 Å². The van der Waals surface area contributed by atoms with Crippen molar-refractivity contribution in [2.45, 2.75) is 19.3 Å². The Labute approximate surface area is 151 Å². The zero-order chi connectivity index (χ0) is 17.9. The van der Waals surface area contributed by atoms with Crippen LogP contribution in [0.15, 0.2) is 53.6 Å². The molecule has 0 atom stereocenters. The van der Waals surface area contributed by atoms with E-state index >= 15 is 0 Å². The number of hydrazone groups is 1. The van der Waals surface area contributed by atoms with E-state index in [9.17, 15) is 9.59 Å². The Morgan fingerprint density at radius 2 is 1.85 bits per heavy atom. The normalized spacial score (nSPS) is 17.3. The van der Waals surface area contributed by atoms with Crippen LogP contribution in [0.3, 0.4) is 0 Å². The molecule has 0 radical (unpaired) electrons. The molecule has 1 N–H and O–H groups in total. The van der Waals surface area contributed by atoms with E-state index in [4.69, 9.17) is 4.74 Å². The number of carbonyl (C=O) groups excluding carboxylic acids is 2. The van der Waals surface area contributed by atoms with Gasteiger partial charge in [0.15, 0.2) is 6.61 Å². The Bertz CT molecular complexity index is 891. The first kappa shape index (κ1) is 16.3. The number of anilines is 1. The summed E-state index contributed by atoms with van der Waals surface area (Å²) < 4.78 is 5.39. The van der Waals surface area contributed by atoms with Crippen LogP contribution in [0.5, 0.6) is 5.75 Å². The molecule has 0 bridgehead atoms. The first-order valence-corrected chi connectivity index (χ1v) is 8.64. The average Bonchev–Trinajstić information content (AvgIpc) is 2.68. The van der Waals surface area contributed by atoms with Crippen molar-refractivity contribution in [1.82, 2.24) is 5.43 Å². The van der Waals surface area contributed by atoms with Crippen molar-refractivity contribution in [3.05, 3.63) is 59.7 Å². The Kier molecular flexibility index (Phi) is 4.39. The summed E-state index contributed by atoms with van der Waals surface area (Å²) in [6.45, 7) is -0.137. The molecule has 0 saturated heterocycles. The van der Waals surface area contributed by atoms with E-state index in [1.165, 1.54) is 16.0 Å². The number of para-hydroxylation sites is 2. The predicted octanol–water partition coefficient (Wildman–Crippen LogP) is 2.07. The van der Waals surface area contributed by atoms with Crippen molar-refractivity contribution in [2.24, 2.45) is 5.10 Å². The Hall–Kier alpha value is -3.15. The molecular formula is C20H19N3O3. The van der Waals surface area contributed by atoms with E-state index in [2.05, 4.69) is 22.7 Å². The van der Waals surface area contributed by atoms with E-state index in [0.717, 1.165) is 25.0 Å². The highest BCUT2D eigenvalue weighted by molar-refractivity contribution is 6.02. The molecule has 6 nitrogen and oxygen atoms in total. The van der Waals surface area contributed by atoms with E-state index in [1.54, 1.807) is 12.1 Å². The molecule has 4 rings (SSSR count). The van der Waals surface area contributed by atoms with E-state index in [-0.39, 0.29) is 25.0 Å². The minimum Gasteiger partial charge on any atom is -0.482 e. The van der Waals surface area contributed by atoms with Gasteiger partial charge < -0.3 is 4.74 Å². The maximum Gasteiger partial charge on any atom is 0.265 e. The van der Waals surface area contributed by atoms with Crippen LogP contribution in [0, 0.1) is 0 Å². The number of aryl methyl sites for hydroxylation is 1. The molecule has 0 spiro atoms.